The first-order valence-electron chi connectivity index (χ1n) is 11.9. The number of ether oxygens (including phenoxy) is 2. The zero-order valence-electron chi connectivity index (χ0n) is 21.2. The SMILES string of the molecule is CC(=O)N1c2ccc(-c3cn(CCNC(=O)OC(C)C)cn3)cc2[C@H](NC(=O)OC(C)C)C[C@@H]1C. The van der Waals surface area contributed by atoms with Gasteiger partial charge in [0, 0.05) is 43.5 Å². The Labute approximate surface area is 206 Å². The van der Waals surface area contributed by atoms with Gasteiger partial charge < -0.3 is 29.6 Å². The van der Waals surface area contributed by atoms with Crippen molar-refractivity contribution in [3.05, 3.63) is 36.3 Å². The molecule has 2 heterocycles. The Morgan fingerprint density at radius 2 is 1.80 bits per heavy atom. The minimum atomic E-state index is -0.488. The van der Waals surface area contributed by atoms with Gasteiger partial charge in [-0.3, -0.25) is 4.79 Å². The van der Waals surface area contributed by atoms with Gasteiger partial charge in [0.15, 0.2) is 0 Å². The summed E-state index contributed by atoms with van der Waals surface area (Å²) in [6.07, 6.45) is 2.81. The van der Waals surface area contributed by atoms with Crippen LogP contribution in [0.2, 0.25) is 0 Å². The van der Waals surface area contributed by atoms with Gasteiger partial charge in [0.1, 0.15) is 0 Å². The molecule has 0 aliphatic carbocycles. The molecule has 0 saturated carbocycles. The monoisotopic (exact) mass is 485 g/mol. The number of fused-ring (bicyclic) bond motifs is 1. The van der Waals surface area contributed by atoms with E-state index >= 15 is 0 Å². The Morgan fingerprint density at radius 1 is 1.11 bits per heavy atom. The summed E-state index contributed by atoms with van der Waals surface area (Å²) >= 11 is 0. The van der Waals surface area contributed by atoms with Crippen LogP contribution in [0.15, 0.2) is 30.7 Å². The number of nitrogens with one attached hydrogen (secondary N) is 2. The highest BCUT2D eigenvalue weighted by Gasteiger charge is 2.34. The maximum atomic E-state index is 12.4. The number of carbonyl (C=O) groups is 3. The minimum absolute atomic E-state index is 0.0533. The van der Waals surface area contributed by atoms with E-state index in [-0.39, 0.29) is 30.2 Å². The van der Waals surface area contributed by atoms with Gasteiger partial charge in [-0.05, 0) is 58.7 Å². The summed E-state index contributed by atoms with van der Waals surface area (Å²) in [4.78, 5) is 42.6. The van der Waals surface area contributed by atoms with E-state index in [0.29, 0.717) is 19.5 Å². The number of imidazole rings is 1. The van der Waals surface area contributed by atoms with Crippen molar-refractivity contribution in [3.8, 4) is 11.3 Å². The van der Waals surface area contributed by atoms with Crippen molar-refractivity contribution in [2.75, 3.05) is 11.4 Å². The van der Waals surface area contributed by atoms with Crippen molar-refractivity contribution in [3.63, 3.8) is 0 Å². The topological polar surface area (TPSA) is 115 Å². The average molecular weight is 486 g/mol. The quantitative estimate of drug-likeness (QED) is 0.613. The molecule has 35 heavy (non-hydrogen) atoms. The van der Waals surface area contributed by atoms with E-state index in [1.807, 2.05) is 35.9 Å². The third-order valence-electron chi connectivity index (χ3n) is 5.57. The number of hydrogen-bond donors (Lipinski definition) is 2. The predicted octanol–water partition coefficient (Wildman–Crippen LogP) is 4.01. The van der Waals surface area contributed by atoms with Crippen LogP contribution in [0.3, 0.4) is 0 Å². The van der Waals surface area contributed by atoms with Crippen LogP contribution in [0.25, 0.3) is 11.3 Å². The van der Waals surface area contributed by atoms with Gasteiger partial charge in [-0.25, -0.2) is 14.6 Å². The van der Waals surface area contributed by atoms with Crippen molar-refractivity contribution in [2.24, 2.45) is 0 Å². The number of amides is 3. The normalized spacial score (nSPS) is 17.2. The van der Waals surface area contributed by atoms with Crippen LogP contribution in [-0.4, -0.2) is 52.4 Å². The molecule has 2 N–H and O–H groups in total. The first-order chi connectivity index (χ1) is 16.5. The number of carbonyl (C=O) groups excluding carboxylic acids is 3. The second-order valence-corrected chi connectivity index (χ2v) is 9.28. The zero-order valence-corrected chi connectivity index (χ0v) is 21.2. The van der Waals surface area contributed by atoms with Crippen LogP contribution in [0, 0.1) is 0 Å². The Balaban J connectivity index is 1.80. The molecular formula is C25H35N5O5. The van der Waals surface area contributed by atoms with E-state index in [9.17, 15) is 14.4 Å². The summed E-state index contributed by atoms with van der Waals surface area (Å²) in [7, 11) is 0. The van der Waals surface area contributed by atoms with Gasteiger partial charge in [0.05, 0.1) is 30.3 Å². The number of nitrogens with zero attached hydrogens (tertiary/aromatic N) is 3. The molecule has 3 rings (SSSR count). The molecule has 10 nitrogen and oxygen atoms in total. The highest BCUT2D eigenvalue weighted by Crippen LogP contribution is 2.39. The molecule has 3 amide bonds. The lowest BCUT2D eigenvalue weighted by Gasteiger charge is -2.39. The highest BCUT2D eigenvalue weighted by atomic mass is 16.6. The summed E-state index contributed by atoms with van der Waals surface area (Å²) < 4.78 is 12.2. The van der Waals surface area contributed by atoms with Gasteiger partial charge in [-0.2, -0.15) is 0 Å². The molecule has 0 spiro atoms. The Hall–Kier alpha value is -3.56. The lowest BCUT2D eigenvalue weighted by Crippen LogP contribution is -2.45. The molecule has 190 valence electrons. The summed E-state index contributed by atoms with van der Waals surface area (Å²) in [5.74, 6) is -0.0533. The van der Waals surface area contributed by atoms with Crippen molar-refractivity contribution >= 4 is 23.8 Å². The maximum Gasteiger partial charge on any atom is 0.407 e. The van der Waals surface area contributed by atoms with E-state index < -0.39 is 12.2 Å². The largest absolute Gasteiger partial charge is 0.447 e. The third kappa shape index (κ3) is 6.74. The van der Waals surface area contributed by atoms with Crippen LogP contribution in [0.5, 0.6) is 0 Å². The fourth-order valence-corrected chi connectivity index (χ4v) is 4.20. The van der Waals surface area contributed by atoms with Crippen LogP contribution in [0.1, 0.15) is 59.6 Å². The predicted molar refractivity (Wildman–Crippen MR) is 132 cm³/mol. The summed E-state index contributed by atoms with van der Waals surface area (Å²) in [5.41, 5.74) is 3.21. The molecule has 1 aromatic heterocycles. The van der Waals surface area contributed by atoms with Gasteiger partial charge >= 0.3 is 12.2 Å². The highest BCUT2D eigenvalue weighted by molar-refractivity contribution is 5.94. The average Bonchev–Trinajstić information content (AvgIpc) is 3.21. The lowest BCUT2D eigenvalue weighted by molar-refractivity contribution is -0.117. The van der Waals surface area contributed by atoms with Gasteiger partial charge in [0.2, 0.25) is 5.91 Å². The molecule has 0 fully saturated rings. The third-order valence-corrected chi connectivity index (χ3v) is 5.57. The number of hydrogen-bond acceptors (Lipinski definition) is 6. The number of aromatic nitrogens is 2. The number of alkyl carbamates (subject to hydrolysis) is 2. The summed E-state index contributed by atoms with van der Waals surface area (Å²) in [6, 6.07) is 5.39. The summed E-state index contributed by atoms with van der Waals surface area (Å²) in [6.45, 7) is 11.6. The second kappa shape index (κ2) is 11.2. The molecule has 0 saturated heterocycles. The van der Waals surface area contributed by atoms with Crippen LogP contribution in [-0.2, 0) is 20.8 Å². The van der Waals surface area contributed by atoms with E-state index in [2.05, 4.69) is 15.6 Å². The summed E-state index contributed by atoms with van der Waals surface area (Å²) in [5, 5.41) is 5.67. The van der Waals surface area contributed by atoms with E-state index in [1.165, 1.54) is 0 Å². The standard InChI is InChI=1S/C25H35N5O5/c1-15(2)34-24(32)26-9-10-29-13-22(27-14-29)19-7-8-23-20(12-19)21(28-25(33)35-16(3)4)11-17(5)30(23)18(6)31/h7-8,12-17,21H,9-11H2,1-6H3,(H,26,32)(H,28,33)/t17-,21+/m0/s1. The Morgan fingerprint density at radius 3 is 2.46 bits per heavy atom. The van der Waals surface area contributed by atoms with Gasteiger partial charge in [-0.15, -0.1) is 0 Å². The fourth-order valence-electron chi connectivity index (χ4n) is 4.20. The van der Waals surface area contributed by atoms with E-state index in [4.69, 9.17) is 9.47 Å². The Kier molecular flexibility index (Phi) is 8.37. The van der Waals surface area contributed by atoms with Gasteiger partial charge in [0.25, 0.3) is 0 Å². The van der Waals surface area contributed by atoms with Crippen molar-refractivity contribution in [1.82, 2.24) is 20.2 Å². The molecule has 1 aliphatic heterocycles. The number of anilines is 1. The molecule has 0 unspecified atom stereocenters. The van der Waals surface area contributed by atoms with Crippen molar-refractivity contribution < 1.29 is 23.9 Å². The van der Waals surface area contributed by atoms with Crippen molar-refractivity contribution in [2.45, 2.75) is 78.8 Å². The van der Waals surface area contributed by atoms with Crippen LogP contribution >= 0.6 is 0 Å². The van der Waals surface area contributed by atoms with Crippen LogP contribution in [0.4, 0.5) is 15.3 Å². The van der Waals surface area contributed by atoms with Crippen LogP contribution < -0.4 is 15.5 Å². The van der Waals surface area contributed by atoms with E-state index in [1.54, 1.807) is 45.8 Å². The first-order valence-corrected chi connectivity index (χ1v) is 11.9. The molecule has 2 aromatic rings. The molecule has 2 atom stereocenters. The lowest BCUT2D eigenvalue weighted by atomic mass is 9.90. The zero-order chi connectivity index (χ0) is 25.7. The first kappa shape index (κ1) is 26.1. The molecule has 0 bridgehead atoms. The molecular weight excluding hydrogens is 450 g/mol. The second-order valence-electron chi connectivity index (χ2n) is 9.28. The minimum Gasteiger partial charge on any atom is -0.447 e. The fraction of sp³-hybridized carbons (Fsp3) is 0.520. The molecule has 1 aliphatic rings. The van der Waals surface area contributed by atoms with Gasteiger partial charge in [-0.1, -0.05) is 6.07 Å². The molecule has 0 radical (unpaired) electrons. The molecule has 10 heteroatoms. The van der Waals surface area contributed by atoms with Crippen molar-refractivity contribution in [1.29, 1.82) is 0 Å². The maximum absolute atomic E-state index is 12.4. The number of benzene rings is 1. The smallest absolute Gasteiger partial charge is 0.407 e. The van der Waals surface area contributed by atoms with E-state index in [0.717, 1.165) is 22.5 Å². The molecule has 1 aromatic carbocycles. The number of rotatable bonds is 7. The Bertz CT molecular complexity index is 1060.